The average molecular weight is 585 g/mol. The average Bonchev–Trinajstić information content (AvgIpc) is 2.98. The summed E-state index contributed by atoms with van der Waals surface area (Å²) in [5.41, 5.74) is 1.25. The lowest BCUT2D eigenvalue weighted by molar-refractivity contribution is 0.115. The van der Waals surface area contributed by atoms with E-state index in [1.54, 1.807) is 0 Å². The first kappa shape index (κ1) is 34.0. The van der Waals surface area contributed by atoms with Crippen LogP contribution < -0.4 is 10.4 Å². The largest absolute Gasteiger partial charge is 0.407 e. The molecule has 0 aromatic heterocycles. The molecule has 3 atom stereocenters. The third-order valence-electron chi connectivity index (χ3n) is 8.46. The van der Waals surface area contributed by atoms with E-state index >= 15 is 0 Å². The van der Waals surface area contributed by atoms with Crippen LogP contribution in [0, 0.1) is 17.8 Å². The Morgan fingerprint density at radius 2 is 1.24 bits per heavy atom. The van der Waals surface area contributed by atoms with Crippen molar-refractivity contribution in [3.63, 3.8) is 0 Å². The van der Waals surface area contributed by atoms with Crippen molar-refractivity contribution in [2.75, 3.05) is 13.2 Å². The topological polar surface area (TPSA) is 18.5 Å². The van der Waals surface area contributed by atoms with Crippen LogP contribution in [-0.4, -0.2) is 21.5 Å². The van der Waals surface area contributed by atoms with Crippen LogP contribution >= 0.6 is 0 Å². The molecule has 0 aliphatic heterocycles. The molecule has 0 amide bonds. The summed E-state index contributed by atoms with van der Waals surface area (Å²) in [4.78, 5) is 0. The van der Waals surface area contributed by atoms with E-state index in [0.717, 1.165) is 19.6 Å². The highest BCUT2D eigenvalue weighted by atomic mass is 28.4. The normalized spacial score (nSPS) is 14.6. The molecule has 0 N–H and O–H groups in total. The van der Waals surface area contributed by atoms with Gasteiger partial charge >= 0.3 is 0 Å². The molecule has 228 valence electrons. The van der Waals surface area contributed by atoms with Gasteiger partial charge in [0.15, 0.2) is 0 Å². The smallest absolute Gasteiger partial charge is 0.261 e. The Morgan fingerprint density at radius 3 is 1.81 bits per heavy atom. The highest BCUT2D eigenvalue weighted by Gasteiger charge is 2.50. The number of rotatable bonds is 18. The Kier molecular flexibility index (Phi) is 14.3. The van der Waals surface area contributed by atoms with Crippen LogP contribution in [0.2, 0.25) is 5.04 Å². The van der Waals surface area contributed by atoms with Crippen molar-refractivity contribution in [1.82, 2.24) is 0 Å². The standard InChI is InChI=1S/C39H56O2Si/c1-33(19-16-20-34(2)23-18-30-40-32-36-24-10-7-11-25-36)21-17-22-35(3)31-41-42(39(4,5)6,37-26-12-8-13-27-37)38-28-14-9-15-29-38/h7-16,20,24-29,33-35H,17-19,21-23,30-32H2,1-6H3/b20-16+/t33-,34+,35-/m1/s1. The van der Waals surface area contributed by atoms with Gasteiger partial charge in [-0.25, -0.2) is 0 Å². The van der Waals surface area contributed by atoms with Crippen molar-refractivity contribution in [2.24, 2.45) is 17.8 Å². The highest BCUT2D eigenvalue weighted by Crippen LogP contribution is 2.37. The first-order valence-corrected chi connectivity index (χ1v) is 18.2. The fraction of sp³-hybridized carbons (Fsp3) is 0.487. The molecule has 2 nitrogen and oxygen atoms in total. The Hall–Kier alpha value is -2.46. The van der Waals surface area contributed by atoms with Gasteiger partial charge in [-0.05, 0) is 64.4 Å². The zero-order chi connectivity index (χ0) is 30.3. The minimum atomic E-state index is -2.45. The first-order valence-electron chi connectivity index (χ1n) is 16.3. The van der Waals surface area contributed by atoms with E-state index in [1.165, 1.54) is 48.0 Å². The van der Waals surface area contributed by atoms with Gasteiger partial charge in [-0.1, -0.05) is 158 Å². The monoisotopic (exact) mass is 584 g/mol. The maximum atomic E-state index is 7.17. The molecule has 0 bridgehead atoms. The number of allylic oxidation sites excluding steroid dienone is 2. The van der Waals surface area contributed by atoms with Crippen LogP contribution in [0.4, 0.5) is 0 Å². The van der Waals surface area contributed by atoms with Crippen molar-refractivity contribution in [2.45, 2.75) is 91.7 Å². The molecule has 3 rings (SSSR count). The highest BCUT2D eigenvalue weighted by molar-refractivity contribution is 6.99. The summed E-state index contributed by atoms with van der Waals surface area (Å²) in [7, 11) is -2.45. The molecule has 0 heterocycles. The lowest BCUT2D eigenvalue weighted by Gasteiger charge is -2.43. The number of hydrogen-bond acceptors (Lipinski definition) is 2. The van der Waals surface area contributed by atoms with Crippen molar-refractivity contribution < 1.29 is 9.16 Å². The van der Waals surface area contributed by atoms with Gasteiger partial charge in [0.1, 0.15) is 0 Å². The second-order valence-corrected chi connectivity index (χ2v) is 17.7. The second-order valence-electron chi connectivity index (χ2n) is 13.4. The molecule has 3 aromatic carbocycles. The molecular formula is C39H56O2Si. The van der Waals surface area contributed by atoms with Gasteiger partial charge in [-0.15, -0.1) is 0 Å². The van der Waals surface area contributed by atoms with Crippen molar-refractivity contribution in [3.05, 3.63) is 109 Å². The fourth-order valence-corrected chi connectivity index (χ4v) is 10.6. The van der Waals surface area contributed by atoms with Crippen molar-refractivity contribution in [1.29, 1.82) is 0 Å². The number of benzene rings is 3. The van der Waals surface area contributed by atoms with Crippen molar-refractivity contribution >= 4 is 18.7 Å². The molecule has 0 aliphatic carbocycles. The summed E-state index contributed by atoms with van der Waals surface area (Å²) in [6.07, 6.45) is 12.0. The molecule has 0 radical (unpaired) electrons. The summed E-state index contributed by atoms with van der Waals surface area (Å²) < 4.78 is 13.0. The van der Waals surface area contributed by atoms with Gasteiger partial charge in [-0.2, -0.15) is 0 Å². The Labute approximate surface area is 258 Å². The van der Waals surface area contributed by atoms with Crippen LogP contribution in [-0.2, 0) is 15.8 Å². The molecule has 42 heavy (non-hydrogen) atoms. The lowest BCUT2D eigenvalue weighted by Crippen LogP contribution is -2.66. The summed E-state index contributed by atoms with van der Waals surface area (Å²) in [5.74, 6) is 1.86. The Morgan fingerprint density at radius 1 is 0.690 bits per heavy atom. The van der Waals surface area contributed by atoms with E-state index in [2.05, 4.69) is 139 Å². The van der Waals surface area contributed by atoms with Gasteiger partial charge in [0.25, 0.3) is 8.32 Å². The van der Waals surface area contributed by atoms with Crippen LogP contribution in [0.3, 0.4) is 0 Å². The molecule has 0 unspecified atom stereocenters. The quantitative estimate of drug-likeness (QED) is 0.0842. The van der Waals surface area contributed by atoms with E-state index in [0.29, 0.717) is 24.4 Å². The molecule has 0 fully saturated rings. The first-order chi connectivity index (χ1) is 20.2. The van der Waals surface area contributed by atoms with Gasteiger partial charge in [0.2, 0.25) is 0 Å². The molecule has 0 aliphatic rings. The molecular weight excluding hydrogens is 529 g/mol. The van der Waals surface area contributed by atoms with E-state index in [9.17, 15) is 0 Å². The predicted octanol–water partition coefficient (Wildman–Crippen LogP) is 9.58. The lowest BCUT2D eigenvalue weighted by atomic mass is 9.96. The molecule has 3 heteroatoms. The van der Waals surface area contributed by atoms with E-state index in [-0.39, 0.29) is 5.04 Å². The minimum Gasteiger partial charge on any atom is -0.407 e. The predicted molar refractivity (Wildman–Crippen MR) is 184 cm³/mol. The van der Waals surface area contributed by atoms with Crippen LogP contribution in [0.25, 0.3) is 0 Å². The van der Waals surface area contributed by atoms with Gasteiger partial charge in [0.05, 0.1) is 6.61 Å². The fourth-order valence-electron chi connectivity index (χ4n) is 5.96. The summed E-state index contributed by atoms with van der Waals surface area (Å²) >= 11 is 0. The zero-order valence-electron chi connectivity index (χ0n) is 27.2. The maximum Gasteiger partial charge on any atom is 0.261 e. The van der Waals surface area contributed by atoms with Gasteiger partial charge in [-0.3, -0.25) is 0 Å². The Bertz CT molecular complexity index is 1100. The SMILES string of the molecule is C[C@H](C/C=C/[C@H](C)CCCOCc1ccccc1)CCC[C@@H](C)CO[Si](c1ccccc1)(c1ccccc1)C(C)(C)C. The number of ether oxygens (including phenoxy) is 1. The van der Waals surface area contributed by atoms with E-state index in [4.69, 9.17) is 9.16 Å². The Balaban J connectivity index is 1.39. The van der Waals surface area contributed by atoms with E-state index < -0.39 is 8.32 Å². The third kappa shape index (κ3) is 10.7. The molecule has 0 spiro atoms. The van der Waals surface area contributed by atoms with Crippen LogP contribution in [0.1, 0.15) is 85.6 Å². The number of hydrogen-bond donors (Lipinski definition) is 0. The summed E-state index contributed by atoms with van der Waals surface area (Å²) in [6.45, 7) is 16.5. The third-order valence-corrected chi connectivity index (χ3v) is 13.5. The summed E-state index contributed by atoms with van der Waals surface area (Å²) in [5, 5.41) is 2.76. The van der Waals surface area contributed by atoms with Crippen LogP contribution in [0.5, 0.6) is 0 Å². The van der Waals surface area contributed by atoms with Gasteiger partial charge < -0.3 is 9.16 Å². The van der Waals surface area contributed by atoms with E-state index in [1.807, 2.05) is 6.07 Å². The van der Waals surface area contributed by atoms with Crippen molar-refractivity contribution in [3.8, 4) is 0 Å². The molecule has 0 saturated heterocycles. The molecule has 3 aromatic rings. The maximum absolute atomic E-state index is 7.17. The van der Waals surface area contributed by atoms with Gasteiger partial charge in [0, 0.05) is 13.2 Å². The summed E-state index contributed by atoms with van der Waals surface area (Å²) in [6, 6.07) is 32.4. The minimum absolute atomic E-state index is 0.0304. The second kappa shape index (κ2) is 17.6. The molecule has 0 saturated carbocycles. The van der Waals surface area contributed by atoms with Crippen LogP contribution in [0.15, 0.2) is 103 Å². The zero-order valence-corrected chi connectivity index (χ0v) is 28.2.